The molecule has 1 aromatic carbocycles. The molecule has 0 saturated heterocycles. The van der Waals surface area contributed by atoms with Gasteiger partial charge in [0.05, 0.1) is 0 Å². The van der Waals surface area contributed by atoms with Gasteiger partial charge in [0.2, 0.25) is 0 Å². The summed E-state index contributed by atoms with van der Waals surface area (Å²) >= 11 is 0. The van der Waals surface area contributed by atoms with E-state index in [0.29, 0.717) is 17.1 Å². The predicted molar refractivity (Wildman–Crippen MR) is 66.6 cm³/mol. The van der Waals surface area contributed by atoms with Crippen LogP contribution < -0.4 is 5.73 Å². The van der Waals surface area contributed by atoms with Crippen LogP contribution in [0.3, 0.4) is 0 Å². The second-order valence-corrected chi connectivity index (χ2v) is 4.44. The van der Waals surface area contributed by atoms with E-state index in [-0.39, 0.29) is 6.54 Å². The minimum absolute atomic E-state index is 0.0454. The summed E-state index contributed by atoms with van der Waals surface area (Å²) in [7, 11) is 0. The number of furan rings is 1. The smallest absolute Gasteiger partial charge is 0.133 e. The van der Waals surface area contributed by atoms with Gasteiger partial charge < -0.3 is 15.3 Å². The van der Waals surface area contributed by atoms with Crippen molar-refractivity contribution in [2.75, 3.05) is 6.54 Å². The largest absolute Gasteiger partial charge is 0.464 e. The Morgan fingerprint density at radius 2 is 1.84 bits per heavy atom. The van der Waals surface area contributed by atoms with Crippen molar-refractivity contribution in [1.29, 1.82) is 0 Å². The maximum absolute atomic E-state index is 13.2. The van der Waals surface area contributed by atoms with Gasteiger partial charge in [0.1, 0.15) is 29.3 Å². The van der Waals surface area contributed by atoms with E-state index >= 15 is 0 Å². The van der Waals surface area contributed by atoms with Crippen LogP contribution in [0.1, 0.15) is 29.1 Å². The Kier molecular flexibility index (Phi) is 3.97. The normalized spacial score (nSPS) is 14.4. The fraction of sp³-hybridized carbons (Fsp3) is 0.286. The van der Waals surface area contributed by atoms with Crippen LogP contribution in [-0.2, 0) is 0 Å². The zero-order chi connectivity index (χ0) is 14.0. The van der Waals surface area contributed by atoms with Crippen LogP contribution in [-0.4, -0.2) is 11.7 Å². The molecule has 19 heavy (non-hydrogen) atoms. The van der Waals surface area contributed by atoms with Crippen molar-refractivity contribution in [3.63, 3.8) is 0 Å². The Morgan fingerprint density at radius 3 is 2.32 bits per heavy atom. The average molecular weight is 267 g/mol. The van der Waals surface area contributed by atoms with Crippen LogP contribution in [0.4, 0.5) is 8.78 Å². The number of rotatable bonds is 4. The van der Waals surface area contributed by atoms with Crippen molar-refractivity contribution in [3.8, 4) is 0 Å². The van der Waals surface area contributed by atoms with Crippen LogP contribution in [0.25, 0.3) is 0 Å². The quantitative estimate of drug-likeness (QED) is 0.895. The maximum Gasteiger partial charge on any atom is 0.133 e. The highest BCUT2D eigenvalue weighted by molar-refractivity contribution is 5.25. The monoisotopic (exact) mass is 267 g/mol. The number of nitrogens with two attached hydrogens (primary N) is 1. The molecule has 0 aliphatic heterocycles. The zero-order valence-electron chi connectivity index (χ0n) is 10.4. The van der Waals surface area contributed by atoms with Gasteiger partial charge in [-0.1, -0.05) is 0 Å². The molecule has 0 aliphatic carbocycles. The lowest BCUT2D eigenvalue weighted by Crippen LogP contribution is -2.20. The molecule has 0 amide bonds. The average Bonchev–Trinajstić information content (AvgIpc) is 2.75. The third-order valence-corrected chi connectivity index (χ3v) is 3.00. The number of benzene rings is 1. The number of hydrogen-bond donors (Lipinski definition) is 2. The molecule has 1 aromatic heterocycles. The van der Waals surface area contributed by atoms with Crippen LogP contribution in [0, 0.1) is 18.6 Å². The van der Waals surface area contributed by atoms with Crippen molar-refractivity contribution in [1.82, 2.24) is 0 Å². The number of aliphatic hydroxyl groups excluding tert-OH is 1. The van der Waals surface area contributed by atoms with Gasteiger partial charge in [-0.3, -0.25) is 0 Å². The summed E-state index contributed by atoms with van der Waals surface area (Å²) in [5.74, 6) is -1.05. The van der Waals surface area contributed by atoms with E-state index in [1.165, 1.54) is 12.1 Å². The SMILES string of the molecule is Cc1ccc(C(O)C(CN)c2cc(F)cc(F)c2)o1. The molecule has 0 aliphatic rings. The van der Waals surface area contributed by atoms with E-state index in [1.807, 2.05) is 0 Å². The van der Waals surface area contributed by atoms with E-state index in [1.54, 1.807) is 19.1 Å². The highest BCUT2D eigenvalue weighted by atomic mass is 19.1. The van der Waals surface area contributed by atoms with E-state index in [0.717, 1.165) is 6.07 Å². The first kappa shape index (κ1) is 13.7. The van der Waals surface area contributed by atoms with E-state index in [2.05, 4.69) is 0 Å². The molecule has 0 fully saturated rings. The molecule has 102 valence electrons. The van der Waals surface area contributed by atoms with Crippen molar-refractivity contribution in [3.05, 3.63) is 59.1 Å². The zero-order valence-corrected chi connectivity index (χ0v) is 10.4. The second kappa shape index (κ2) is 5.50. The predicted octanol–water partition coefficient (Wildman–Crippen LogP) is 2.64. The van der Waals surface area contributed by atoms with Crippen LogP contribution in [0.15, 0.2) is 34.7 Å². The third kappa shape index (κ3) is 3.00. The van der Waals surface area contributed by atoms with E-state index in [9.17, 15) is 13.9 Å². The topological polar surface area (TPSA) is 59.4 Å². The Balaban J connectivity index is 2.33. The lowest BCUT2D eigenvalue weighted by atomic mass is 9.92. The van der Waals surface area contributed by atoms with Gasteiger partial charge in [-0.15, -0.1) is 0 Å². The minimum atomic E-state index is -1.04. The van der Waals surface area contributed by atoms with Gasteiger partial charge in [-0.25, -0.2) is 8.78 Å². The lowest BCUT2D eigenvalue weighted by Gasteiger charge is -2.20. The molecule has 3 N–H and O–H groups in total. The highest BCUT2D eigenvalue weighted by Crippen LogP contribution is 2.31. The van der Waals surface area contributed by atoms with E-state index < -0.39 is 23.7 Å². The number of aryl methyl sites for hydroxylation is 1. The summed E-state index contributed by atoms with van der Waals surface area (Å²) in [5.41, 5.74) is 5.91. The van der Waals surface area contributed by atoms with Gasteiger partial charge in [0.25, 0.3) is 0 Å². The molecule has 2 rings (SSSR count). The van der Waals surface area contributed by atoms with Crippen molar-refractivity contribution >= 4 is 0 Å². The molecular weight excluding hydrogens is 252 g/mol. The van der Waals surface area contributed by atoms with Crippen LogP contribution in [0.5, 0.6) is 0 Å². The van der Waals surface area contributed by atoms with Crippen molar-refractivity contribution in [2.45, 2.75) is 18.9 Å². The summed E-state index contributed by atoms with van der Waals surface area (Å²) in [4.78, 5) is 0. The van der Waals surface area contributed by atoms with Crippen molar-refractivity contribution in [2.24, 2.45) is 5.73 Å². The Labute approximate surface area is 109 Å². The maximum atomic E-state index is 13.2. The Hall–Kier alpha value is -1.72. The number of halogens is 2. The summed E-state index contributed by atoms with van der Waals surface area (Å²) in [6.45, 7) is 1.79. The first-order valence-electron chi connectivity index (χ1n) is 5.91. The summed E-state index contributed by atoms with van der Waals surface area (Å²) < 4.78 is 31.7. The van der Waals surface area contributed by atoms with Gasteiger partial charge in [-0.05, 0) is 36.8 Å². The molecule has 0 spiro atoms. The Bertz CT molecular complexity index is 548. The van der Waals surface area contributed by atoms with Gasteiger partial charge in [-0.2, -0.15) is 0 Å². The van der Waals surface area contributed by atoms with Gasteiger partial charge in [0, 0.05) is 18.5 Å². The van der Waals surface area contributed by atoms with Gasteiger partial charge >= 0.3 is 0 Å². The summed E-state index contributed by atoms with van der Waals surface area (Å²) in [5, 5.41) is 10.2. The molecule has 5 heteroatoms. The molecular formula is C14H15F2NO2. The fourth-order valence-corrected chi connectivity index (χ4v) is 2.05. The summed E-state index contributed by atoms with van der Waals surface area (Å²) in [6, 6.07) is 6.44. The molecule has 2 unspecified atom stereocenters. The molecule has 0 saturated carbocycles. The second-order valence-electron chi connectivity index (χ2n) is 4.44. The molecule has 1 heterocycles. The Morgan fingerprint density at radius 1 is 1.21 bits per heavy atom. The fourth-order valence-electron chi connectivity index (χ4n) is 2.05. The first-order chi connectivity index (χ1) is 9.01. The van der Waals surface area contributed by atoms with Crippen molar-refractivity contribution < 1.29 is 18.3 Å². The molecule has 3 nitrogen and oxygen atoms in total. The molecule has 2 atom stereocenters. The minimum Gasteiger partial charge on any atom is -0.464 e. The summed E-state index contributed by atoms with van der Waals surface area (Å²) in [6.07, 6.45) is -1.04. The lowest BCUT2D eigenvalue weighted by molar-refractivity contribution is 0.120. The van der Waals surface area contributed by atoms with Gasteiger partial charge in [0.15, 0.2) is 0 Å². The molecule has 0 bridgehead atoms. The van der Waals surface area contributed by atoms with Crippen LogP contribution >= 0.6 is 0 Å². The van der Waals surface area contributed by atoms with E-state index in [4.69, 9.17) is 10.2 Å². The third-order valence-electron chi connectivity index (χ3n) is 3.00. The molecule has 0 radical (unpaired) electrons. The number of aliphatic hydroxyl groups is 1. The molecule has 2 aromatic rings. The number of hydrogen-bond acceptors (Lipinski definition) is 3. The van der Waals surface area contributed by atoms with Crippen LogP contribution in [0.2, 0.25) is 0 Å². The first-order valence-corrected chi connectivity index (χ1v) is 5.91. The highest BCUT2D eigenvalue weighted by Gasteiger charge is 2.25. The standard InChI is InChI=1S/C14H15F2NO2/c1-8-2-3-13(19-8)14(18)12(7-17)9-4-10(15)6-11(16)5-9/h2-6,12,14,18H,7,17H2,1H3.